The zero-order chi connectivity index (χ0) is 18.8. The van der Waals surface area contributed by atoms with Crippen LogP contribution in [0.5, 0.6) is 0 Å². The van der Waals surface area contributed by atoms with Crippen LogP contribution in [-0.2, 0) is 14.3 Å². The summed E-state index contributed by atoms with van der Waals surface area (Å²) in [6.07, 6.45) is 2.00. The molecule has 0 radical (unpaired) electrons. The molecule has 2 aliphatic heterocycles. The van der Waals surface area contributed by atoms with Crippen molar-refractivity contribution in [1.29, 1.82) is 0 Å². The van der Waals surface area contributed by atoms with Crippen LogP contribution in [0.25, 0.3) is 0 Å². The molecule has 1 aromatic carbocycles. The minimum Gasteiger partial charge on any atom is -0.442 e. The molecule has 0 aromatic heterocycles. The number of ether oxygens (including phenoxy) is 2. The van der Waals surface area contributed by atoms with Crippen molar-refractivity contribution in [1.82, 2.24) is 5.32 Å². The van der Waals surface area contributed by atoms with E-state index in [0.717, 1.165) is 19.3 Å². The number of hydrogen-bond donors (Lipinski definition) is 1. The van der Waals surface area contributed by atoms with Crippen molar-refractivity contribution < 1.29 is 23.5 Å². The zero-order valence-electron chi connectivity index (χ0n) is 15.2. The van der Waals surface area contributed by atoms with Crippen molar-refractivity contribution >= 4 is 23.4 Å². The standard InChI is InChI=1S/C19H24FN3O4/c20-16-10-14(4-5-17(16)22-6-8-26-9-7-22)23-12-15(27-19(23)25)11-21-18(24)13-2-1-3-13/h4-5,10,13,15H,1-3,6-9,11-12H2,(H,21,24). The van der Waals surface area contributed by atoms with Crippen molar-refractivity contribution in [3.63, 3.8) is 0 Å². The number of morpholine rings is 1. The summed E-state index contributed by atoms with van der Waals surface area (Å²) in [5, 5.41) is 2.85. The third kappa shape index (κ3) is 3.85. The van der Waals surface area contributed by atoms with Gasteiger partial charge >= 0.3 is 6.09 Å². The van der Waals surface area contributed by atoms with E-state index in [4.69, 9.17) is 9.47 Å². The Morgan fingerprint density at radius 3 is 2.70 bits per heavy atom. The summed E-state index contributed by atoms with van der Waals surface area (Å²) in [4.78, 5) is 27.4. The lowest BCUT2D eigenvalue weighted by atomic mass is 9.85. The lowest BCUT2D eigenvalue weighted by Gasteiger charge is -2.29. The topological polar surface area (TPSA) is 71.1 Å². The third-order valence-electron chi connectivity index (χ3n) is 5.45. The number of nitrogens with one attached hydrogen (secondary N) is 1. The molecule has 2 amide bonds. The van der Waals surface area contributed by atoms with E-state index in [0.29, 0.717) is 44.2 Å². The molecule has 0 spiro atoms. The molecule has 27 heavy (non-hydrogen) atoms. The van der Waals surface area contributed by atoms with Crippen LogP contribution in [0.2, 0.25) is 0 Å². The van der Waals surface area contributed by atoms with Gasteiger partial charge in [0.1, 0.15) is 11.9 Å². The summed E-state index contributed by atoms with van der Waals surface area (Å²) in [6.45, 7) is 3.02. The van der Waals surface area contributed by atoms with Gasteiger partial charge in [0.15, 0.2) is 0 Å². The Balaban J connectivity index is 1.37. The van der Waals surface area contributed by atoms with E-state index >= 15 is 0 Å². The van der Waals surface area contributed by atoms with Crippen LogP contribution in [0, 0.1) is 11.7 Å². The fraction of sp³-hybridized carbons (Fsp3) is 0.579. The van der Waals surface area contributed by atoms with Gasteiger partial charge in [-0.1, -0.05) is 6.42 Å². The van der Waals surface area contributed by atoms with E-state index in [9.17, 15) is 14.0 Å². The predicted molar refractivity (Wildman–Crippen MR) is 97.4 cm³/mol. The number of hydrogen-bond acceptors (Lipinski definition) is 5. The normalized spacial score (nSPS) is 23.1. The quantitative estimate of drug-likeness (QED) is 0.849. The second kappa shape index (κ2) is 7.72. The van der Waals surface area contributed by atoms with Crippen molar-refractivity contribution in [2.45, 2.75) is 25.4 Å². The van der Waals surface area contributed by atoms with Crippen LogP contribution in [0.1, 0.15) is 19.3 Å². The fourth-order valence-corrected chi connectivity index (χ4v) is 3.59. The van der Waals surface area contributed by atoms with Crippen LogP contribution < -0.4 is 15.1 Å². The van der Waals surface area contributed by atoms with Gasteiger partial charge in [0.05, 0.1) is 37.7 Å². The first-order valence-electron chi connectivity index (χ1n) is 9.50. The Hall–Kier alpha value is -2.35. The molecule has 3 fully saturated rings. The van der Waals surface area contributed by atoms with Crippen molar-refractivity contribution in [2.24, 2.45) is 5.92 Å². The first-order valence-corrected chi connectivity index (χ1v) is 9.50. The summed E-state index contributed by atoms with van der Waals surface area (Å²) in [5.74, 6) is -0.249. The number of benzene rings is 1. The molecule has 4 rings (SSSR count). The molecular weight excluding hydrogens is 353 g/mol. The molecule has 146 valence electrons. The second-order valence-electron chi connectivity index (χ2n) is 7.22. The van der Waals surface area contributed by atoms with Crippen LogP contribution >= 0.6 is 0 Å². The van der Waals surface area contributed by atoms with Crippen LogP contribution in [-0.4, -0.2) is 57.5 Å². The number of halogens is 1. The number of nitrogens with zero attached hydrogens (tertiary/aromatic N) is 2. The van der Waals surface area contributed by atoms with Gasteiger partial charge in [0.25, 0.3) is 0 Å². The molecular formula is C19H24FN3O4. The summed E-state index contributed by atoms with van der Waals surface area (Å²) in [6, 6.07) is 4.78. The number of amides is 2. The summed E-state index contributed by atoms with van der Waals surface area (Å²) in [7, 11) is 0. The molecule has 1 aromatic rings. The number of carbonyl (C=O) groups excluding carboxylic acids is 2. The Bertz CT molecular complexity index is 719. The largest absolute Gasteiger partial charge is 0.442 e. The maximum Gasteiger partial charge on any atom is 0.414 e. The van der Waals surface area contributed by atoms with Gasteiger partial charge in [0.2, 0.25) is 5.91 Å². The maximum absolute atomic E-state index is 14.6. The molecule has 8 heteroatoms. The second-order valence-corrected chi connectivity index (χ2v) is 7.22. The van der Waals surface area contributed by atoms with E-state index < -0.39 is 12.2 Å². The highest BCUT2D eigenvalue weighted by atomic mass is 19.1. The Morgan fingerprint density at radius 1 is 1.26 bits per heavy atom. The van der Waals surface area contributed by atoms with Gasteiger partial charge in [-0.3, -0.25) is 9.69 Å². The zero-order valence-corrected chi connectivity index (χ0v) is 15.2. The SMILES string of the molecule is O=C(NCC1CN(c2ccc(N3CCOCC3)c(F)c2)C(=O)O1)C1CCC1. The van der Waals surface area contributed by atoms with Crippen LogP contribution in [0.15, 0.2) is 18.2 Å². The van der Waals surface area contributed by atoms with Crippen molar-refractivity contribution in [3.05, 3.63) is 24.0 Å². The summed E-state index contributed by atoms with van der Waals surface area (Å²) in [5.41, 5.74) is 0.973. The molecule has 3 aliphatic rings. The van der Waals surface area contributed by atoms with E-state index in [1.165, 1.54) is 11.0 Å². The molecule has 1 saturated carbocycles. The number of anilines is 2. The van der Waals surface area contributed by atoms with Crippen molar-refractivity contribution in [3.8, 4) is 0 Å². The Kier molecular flexibility index (Phi) is 5.15. The van der Waals surface area contributed by atoms with Gasteiger partial charge in [-0.2, -0.15) is 0 Å². The molecule has 2 saturated heterocycles. The lowest BCUT2D eigenvalue weighted by Crippen LogP contribution is -2.40. The molecule has 7 nitrogen and oxygen atoms in total. The molecule has 1 aliphatic carbocycles. The molecule has 0 bridgehead atoms. The molecule has 1 atom stereocenters. The van der Waals surface area contributed by atoms with Crippen LogP contribution in [0.4, 0.5) is 20.6 Å². The third-order valence-corrected chi connectivity index (χ3v) is 5.45. The average molecular weight is 377 g/mol. The minimum atomic E-state index is -0.517. The summed E-state index contributed by atoms with van der Waals surface area (Å²) < 4.78 is 25.2. The predicted octanol–water partition coefficient (Wildman–Crippen LogP) is 1.90. The maximum atomic E-state index is 14.6. The number of rotatable bonds is 5. The highest BCUT2D eigenvalue weighted by Crippen LogP contribution is 2.29. The van der Waals surface area contributed by atoms with Gasteiger partial charge in [0, 0.05) is 19.0 Å². The minimum absolute atomic E-state index is 0.0247. The smallest absolute Gasteiger partial charge is 0.414 e. The van der Waals surface area contributed by atoms with Gasteiger partial charge in [-0.15, -0.1) is 0 Å². The van der Waals surface area contributed by atoms with E-state index in [-0.39, 0.29) is 24.2 Å². The number of cyclic esters (lactones) is 1. The highest BCUT2D eigenvalue weighted by Gasteiger charge is 2.34. The van der Waals surface area contributed by atoms with Crippen LogP contribution in [0.3, 0.4) is 0 Å². The van der Waals surface area contributed by atoms with E-state index in [1.807, 2.05) is 4.90 Å². The van der Waals surface area contributed by atoms with Gasteiger partial charge in [-0.25, -0.2) is 9.18 Å². The molecule has 1 unspecified atom stereocenters. The first kappa shape index (κ1) is 18.0. The first-order chi connectivity index (χ1) is 13.1. The van der Waals surface area contributed by atoms with E-state index in [1.54, 1.807) is 12.1 Å². The summed E-state index contributed by atoms with van der Waals surface area (Å²) >= 11 is 0. The monoisotopic (exact) mass is 377 g/mol. The number of carbonyl (C=O) groups is 2. The molecule has 2 heterocycles. The Labute approximate surface area is 157 Å². The Morgan fingerprint density at radius 2 is 2.04 bits per heavy atom. The molecule has 1 N–H and O–H groups in total. The van der Waals surface area contributed by atoms with Gasteiger partial charge in [-0.05, 0) is 31.0 Å². The van der Waals surface area contributed by atoms with Gasteiger partial charge < -0.3 is 19.7 Å². The average Bonchev–Trinajstić information content (AvgIpc) is 3.00. The lowest BCUT2D eigenvalue weighted by molar-refractivity contribution is -0.127. The highest BCUT2D eigenvalue weighted by molar-refractivity contribution is 5.90. The fourth-order valence-electron chi connectivity index (χ4n) is 3.59. The van der Waals surface area contributed by atoms with E-state index in [2.05, 4.69) is 5.32 Å². The van der Waals surface area contributed by atoms with Crippen molar-refractivity contribution in [2.75, 3.05) is 49.2 Å².